The molecule has 0 spiro atoms. The van der Waals surface area contributed by atoms with Gasteiger partial charge in [0.25, 0.3) is 5.91 Å². The van der Waals surface area contributed by atoms with E-state index in [4.69, 9.17) is 16.0 Å². The van der Waals surface area contributed by atoms with Crippen LogP contribution in [0.15, 0.2) is 41.0 Å². The first-order valence-corrected chi connectivity index (χ1v) is 9.33. The summed E-state index contributed by atoms with van der Waals surface area (Å²) in [5, 5.41) is 10.1. The Morgan fingerprint density at radius 3 is 2.62 bits per heavy atom. The molecule has 3 rings (SSSR count). The van der Waals surface area contributed by atoms with E-state index in [1.165, 1.54) is 6.07 Å². The zero-order valence-electron chi connectivity index (χ0n) is 15.2. The first kappa shape index (κ1) is 18.8. The van der Waals surface area contributed by atoms with Crippen LogP contribution in [0.2, 0.25) is 5.02 Å². The van der Waals surface area contributed by atoms with Crippen LogP contribution < -0.4 is 0 Å². The van der Waals surface area contributed by atoms with Crippen molar-refractivity contribution in [3.05, 3.63) is 52.9 Å². The second kappa shape index (κ2) is 8.14. The minimum Gasteiger partial charge on any atom is -0.506 e. The summed E-state index contributed by atoms with van der Waals surface area (Å²) in [6.45, 7) is 0.720. The van der Waals surface area contributed by atoms with Crippen LogP contribution in [-0.2, 0) is 6.54 Å². The highest BCUT2D eigenvalue weighted by atomic mass is 35.5. The molecule has 1 N–H and O–H groups in total. The summed E-state index contributed by atoms with van der Waals surface area (Å²) in [7, 11) is 3.93. The molecule has 0 aliphatic heterocycles. The van der Waals surface area contributed by atoms with Crippen LogP contribution in [0.3, 0.4) is 0 Å². The van der Waals surface area contributed by atoms with Gasteiger partial charge in [0.15, 0.2) is 0 Å². The van der Waals surface area contributed by atoms with Crippen molar-refractivity contribution < 1.29 is 14.3 Å². The Kier molecular flexibility index (Phi) is 5.89. The van der Waals surface area contributed by atoms with Crippen LogP contribution in [0.25, 0.3) is 0 Å². The van der Waals surface area contributed by atoms with Gasteiger partial charge in [-0.25, -0.2) is 0 Å². The average molecular weight is 377 g/mol. The third kappa shape index (κ3) is 4.05. The van der Waals surface area contributed by atoms with Crippen LogP contribution in [0.5, 0.6) is 5.75 Å². The molecule has 1 aliphatic rings. The van der Waals surface area contributed by atoms with Crippen molar-refractivity contribution >= 4 is 17.5 Å². The smallest absolute Gasteiger partial charge is 0.254 e. The third-order valence-corrected chi connectivity index (χ3v) is 5.58. The van der Waals surface area contributed by atoms with Gasteiger partial charge in [0.1, 0.15) is 11.5 Å². The number of hydrogen-bond acceptors (Lipinski definition) is 4. The van der Waals surface area contributed by atoms with E-state index < -0.39 is 0 Å². The minimum atomic E-state index is -0.0970. The molecule has 1 aromatic carbocycles. The van der Waals surface area contributed by atoms with Gasteiger partial charge in [-0.1, -0.05) is 24.4 Å². The molecular weight excluding hydrogens is 352 g/mol. The molecule has 140 valence electrons. The lowest BCUT2D eigenvalue weighted by atomic mass is 9.88. The second-order valence-electron chi connectivity index (χ2n) is 7.00. The largest absolute Gasteiger partial charge is 0.506 e. The summed E-state index contributed by atoms with van der Waals surface area (Å²) in [4.78, 5) is 17.0. The maximum absolute atomic E-state index is 12.9. The molecule has 26 heavy (non-hydrogen) atoms. The van der Waals surface area contributed by atoms with Crippen LogP contribution >= 0.6 is 11.6 Å². The zero-order chi connectivity index (χ0) is 18.7. The monoisotopic (exact) mass is 376 g/mol. The molecule has 0 saturated heterocycles. The van der Waals surface area contributed by atoms with Crippen molar-refractivity contribution in [1.82, 2.24) is 9.80 Å². The van der Waals surface area contributed by atoms with E-state index >= 15 is 0 Å². The number of benzene rings is 1. The predicted octanol–water partition coefficient (Wildman–Crippen LogP) is 4.15. The van der Waals surface area contributed by atoms with E-state index in [1.54, 1.807) is 18.4 Å². The molecule has 1 aliphatic carbocycles. The number of phenols is 1. The molecule has 2 unspecified atom stereocenters. The third-order valence-electron chi connectivity index (χ3n) is 5.26. The lowest BCUT2D eigenvalue weighted by Gasteiger charge is -2.42. The molecule has 0 bridgehead atoms. The lowest BCUT2D eigenvalue weighted by Crippen LogP contribution is -2.52. The van der Waals surface area contributed by atoms with Gasteiger partial charge in [-0.05, 0) is 50.2 Å². The molecule has 6 heteroatoms. The fraction of sp³-hybridized carbons (Fsp3) is 0.450. The number of aromatic hydroxyl groups is 1. The van der Waals surface area contributed by atoms with Crippen molar-refractivity contribution in [2.24, 2.45) is 0 Å². The van der Waals surface area contributed by atoms with Gasteiger partial charge in [0.2, 0.25) is 0 Å². The van der Waals surface area contributed by atoms with Gasteiger partial charge in [-0.15, -0.1) is 0 Å². The standard InChI is InChI=1S/C20H25ClN2O3/c1-22(13-15-6-5-11-26-15)17-7-3-4-8-18(17)23(2)20(25)14-9-10-16(21)19(24)12-14/h5-6,9-12,17-18,24H,3-4,7-8,13H2,1-2H3. The fourth-order valence-corrected chi connectivity index (χ4v) is 3.94. The number of rotatable bonds is 5. The predicted molar refractivity (Wildman–Crippen MR) is 101 cm³/mol. The van der Waals surface area contributed by atoms with E-state index in [9.17, 15) is 9.90 Å². The average Bonchev–Trinajstić information content (AvgIpc) is 3.15. The number of furan rings is 1. The molecule has 1 aromatic heterocycles. The van der Waals surface area contributed by atoms with Gasteiger partial charge in [-0.3, -0.25) is 9.69 Å². The summed E-state index contributed by atoms with van der Waals surface area (Å²) in [6, 6.07) is 8.90. The molecule has 2 aromatic rings. The van der Waals surface area contributed by atoms with Gasteiger partial charge >= 0.3 is 0 Å². The lowest BCUT2D eigenvalue weighted by molar-refractivity contribution is 0.0473. The van der Waals surface area contributed by atoms with Crippen LogP contribution in [0.4, 0.5) is 0 Å². The number of carbonyl (C=O) groups is 1. The highest BCUT2D eigenvalue weighted by Gasteiger charge is 2.34. The van der Waals surface area contributed by atoms with E-state index in [2.05, 4.69) is 11.9 Å². The van der Waals surface area contributed by atoms with Crippen LogP contribution in [0.1, 0.15) is 41.8 Å². The molecule has 1 amide bonds. The van der Waals surface area contributed by atoms with Crippen molar-refractivity contribution in [3.63, 3.8) is 0 Å². The number of phenolic OH excluding ortho intramolecular Hbond substituents is 1. The molecular formula is C20H25ClN2O3. The Labute approximate surface area is 159 Å². The number of halogens is 1. The number of nitrogens with zero attached hydrogens (tertiary/aromatic N) is 2. The molecule has 2 atom stereocenters. The topological polar surface area (TPSA) is 56.9 Å². The summed E-state index contributed by atoms with van der Waals surface area (Å²) < 4.78 is 5.47. The summed E-state index contributed by atoms with van der Waals surface area (Å²) >= 11 is 5.86. The number of carbonyl (C=O) groups excluding carboxylic acids is 1. The Bertz CT molecular complexity index is 748. The quantitative estimate of drug-likeness (QED) is 0.851. The fourth-order valence-electron chi connectivity index (χ4n) is 3.82. The Morgan fingerprint density at radius 2 is 1.96 bits per heavy atom. The first-order chi connectivity index (χ1) is 12.5. The van der Waals surface area contributed by atoms with E-state index in [0.717, 1.165) is 38.0 Å². The summed E-state index contributed by atoms with van der Waals surface area (Å²) in [5.74, 6) is 0.759. The number of likely N-dealkylation sites (N-methyl/N-ethyl adjacent to an activating group) is 2. The van der Waals surface area contributed by atoms with Crippen molar-refractivity contribution in [3.8, 4) is 5.75 Å². The number of hydrogen-bond donors (Lipinski definition) is 1. The number of amides is 1. The Hall–Kier alpha value is -1.98. The van der Waals surface area contributed by atoms with Gasteiger partial charge in [-0.2, -0.15) is 0 Å². The van der Waals surface area contributed by atoms with Crippen LogP contribution in [0, 0.1) is 0 Å². The maximum Gasteiger partial charge on any atom is 0.254 e. The van der Waals surface area contributed by atoms with Crippen molar-refractivity contribution in [2.75, 3.05) is 14.1 Å². The summed E-state index contributed by atoms with van der Waals surface area (Å²) in [5.41, 5.74) is 0.451. The van der Waals surface area contributed by atoms with Crippen molar-refractivity contribution in [1.29, 1.82) is 0 Å². The Balaban J connectivity index is 1.75. The highest BCUT2D eigenvalue weighted by Crippen LogP contribution is 2.29. The highest BCUT2D eigenvalue weighted by molar-refractivity contribution is 6.32. The summed E-state index contributed by atoms with van der Waals surface area (Å²) in [6.07, 6.45) is 5.97. The SMILES string of the molecule is CN(Cc1ccco1)C1CCCCC1N(C)C(=O)c1ccc(Cl)c(O)c1. The zero-order valence-corrected chi connectivity index (χ0v) is 15.9. The van der Waals surface area contributed by atoms with Crippen LogP contribution in [-0.4, -0.2) is 47.0 Å². The molecule has 1 saturated carbocycles. The van der Waals surface area contributed by atoms with E-state index in [1.807, 2.05) is 24.1 Å². The second-order valence-corrected chi connectivity index (χ2v) is 7.40. The van der Waals surface area contributed by atoms with Gasteiger partial charge in [0.05, 0.1) is 17.8 Å². The Morgan fingerprint density at radius 1 is 1.23 bits per heavy atom. The minimum absolute atomic E-state index is 0.0685. The van der Waals surface area contributed by atoms with Gasteiger partial charge < -0.3 is 14.4 Å². The van der Waals surface area contributed by atoms with Gasteiger partial charge in [0, 0.05) is 24.7 Å². The molecule has 1 heterocycles. The molecule has 0 radical (unpaired) electrons. The van der Waals surface area contributed by atoms with Crippen molar-refractivity contribution in [2.45, 2.75) is 44.3 Å². The first-order valence-electron chi connectivity index (χ1n) is 8.95. The van der Waals surface area contributed by atoms with E-state index in [0.29, 0.717) is 5.56 Å². The molecule has 1 fully saturated rings. The van der Waals surface area contributed by atoms with E-state index in [-0.39, 0.29) is 28.8 Å². The molecule has 5 nitrogen and oxygen atoms in total. The maximum atomic E-state index is 12.9. The normalized spacial score (nSPS) is 20.3.